The number of aromatic nitrogens is 1. The molecule has 5 nitrogen and oxygen atoms in total. The van der Waals surface area contributed by atoms with E-state index in [0.29, 0.717) is 27.8 Å². The van der Waals surface area contributed by atoms with Crippen molar-refractivity contribution < 1.29 is 13.9 Å². The van der Waals surface area contributed by atoms with Crippen LogP contribution in [0.3, 0.4) is 0 Å². The zero-order chi connectivity index (χ0) is 16.9. The first-order valence-electron chi connectivity index (χ1n) is 7.03. The van der Waals surface area contributed by atoms with Gasteiger partial charge in [-0.3, -0.25) is 0 Å². The van der Waals surface area contributed by atoms with Crippen LogP contribution in [0.2, 0.25) is 5.02 Å². The fourth-order valence-electron chi connectivity index (χ4n) is 2.02. The lowest BCUT2D eigenvalue weighted by Crippen LogP contribution is -2.05. The normalized spacial score (nSPS) is 10.2. The van der Waals surface area contributed by atoms with Gasteiger partial charge in [-0.05, 0) is 48.5 Å². The number of nitriles is 1. The number of carbonyl (C=O) groups excluding carboxylic acids is 1. The fourth-order valence-corrected chi connectivity index (χ4v) is 2.14. The zero-order valence-electron chi connectivity index (χ0n) is 12.4. The van der Waals surface area contributed by atoms with E-state index in [1.807, 2.05) is 18.2 Å². The smallest absolute Gasteiger partial charge is 0.338 e. The average molecular weight is 339 g/mol. The summed E-state index contributed by atoms with van der Waals surface area (Å²) in [5.74, 6) is 0.351. The predicted octanol–water partition coefficient (Wildman–Crippen LogP) is 4.22. The number of nitrogens with zero attached hydrogens (tertiary/aromatic N) is 2. The Morgan fingerprint density at radius 1 is 1.17 bits per heavy atom. The molecular weight excluding hydrogens is 328 g/mol. The summed E-state index contributed by atoms with van der Waals surface area (Å²) in [5, 5.41) is 9.37. The van der Waals surface area contributed by atoms with Gasteiger partial charge >= 0.3 is 5.97 Å². The summed E-state index contributed by atoms with van der Waals surface area (Å²) in [6.07, 6.45) is 1.56. The van der Waals surface area contributed by atoms with Crippen LogP contribution in [-0.2, 0) is 11.3 Å². The predicted molar refractivity (Wildman–Crippen MR) is 87.2 cm³/mol. The second-order valence-electron chi connectivity index (χ2n) is 4.89. The van der Waals surface area contributed by atoms with E-state index >= 15 is 0 Å². The van der Waals surface area contributed by atoms with Gasteiger partial charge in [-0.1, -0.05) is 11.6 Å². The van der Waals surface area contributed by atoms with Crippen LogP contribution in [0.1, 0.15) is 21.8 Å². The summed E-state index contributed by atoms with van der Waals surface area (Å²) in [6.45, 7) is -0.0770. The van der Waals surface area contributed by atoms with Gasteiger partial charge in [0.2, 0.25) is 5.89 Å². The minimum atomic E-state index is -0.509. The van der Waals surface area contributed by atoms with Crippen molar-refractivity contribution in [1.29, 1.82) is 5.26 Å². The third-order valence-corrected chi connectivity index (χ3v) is 3.51. The van der Waals surface area contributed by atoms with Crippen molar-refractivity contribution in [2.45, 2.75) is 6.61 Å². The number of benzene rings is 2. The standard InChI is InChI=1S/C18H11ClN2O3/c19-15-7-5-13(6-8-15)16-10-21-17(24-16)11-23-18(22)14-3-1-12(9-20)2-4-14/h1-8,10H,11H2. The Hall–Kier alpha value is -3.10. The number of carbonyl (C=O) groups is 1. The molecule has 24 heavy (non-hydrogen) atoms. The van der Waals surface area contributed by atoms with Crippen molar-refractivity contribution in [3.05, 3.63) is 76.8 Å². The van der Waals surface area contributed by atoms with Crippen LogP contribution in [0, 0.1) is 11.3 Å². The van der Waals surface area contributed by atoms with Crippen molar-refractivity contribution >= 4 is 17.6 Å². The Labute approximate surface area is 143 Å². The van der Waals surface area contributed by atoms with Gasteiger partial charge in [0.1, 0.15) is 0 Å². The molecule has 0 radical (unpaired) electrons. The maximum atomic E-state index is 11.9. The highest BCUT2D eigenvalue weighted by Gasteiger charge is 2.11. The average Bonchev–Trinajstić information content (AvgIpc) is 3.09. The molecule has 2 aromatic carbocycles. The fraction of sp³-hybridized carbons (Fsp3) is 0.0556. The van der Waals surface area contributed by atoms with Crippen LogP contribution in [-0.4, -0.2) is 11.0 Å². The van der Waals surface area contributed by atoms with E-state index in [9.17, 15) is 4.79 Å². The molecule has 0 saturated carbocycles. The highest BCUT2D eigenvalue weighted by atomic mass is 35.5. The van der Waals surface area contributed by atoms with Gasteiger partial charge in [0.05, 0.1) is 23.4 Å². The number of halogens is 1. The van der Waals surface area contributed by atoms with E-state index in [0.717, 1.165) is 5.56 Å². The lowest BCUT2D eigenvalue weighted by molar-refractivity contribution is 0.0439. The Kier molecular flexibility index (Phi) is 4.59. The first-order chi connectivity index (χ1) is 11.7. The molecule has 0 saturated heterocycles. The topological polar surface area (TPSA) is 76.1 Å². The quantitative estimate of drug-likeness (QED) is 0.665. The largest absolute Gasteiger partial charge is 0.452 e. The van der Waals surface area contributed by atoms with E-state index in [1.54, 1.807) is 30.5 Å². The molecule has 0 unspecified atom stereocenters. The maximum Gasteiger partial charge on any atom is 0.338 e. The van der Waals surface area contributed by atoms with E-state index in [1.165, 1.54) is 12.1 Å². The van der Waals surface area contributed by atoms with Crippen LogP contribution >= 0.6 is 11.6 Å². The van der Waals surface area contributed by atoms with Crippen molar-refractivity contribution in [2.75, 3.05) is 0 Å². The second-order valence-corrected chi connectivity index (χ2v) is 5.33. The van der Waals surface area contributed by atoms with Gasteiger partial charge in [0.25, 0.3) is 0 Å². The van der Waals surface area contributed by atoms with Crippen molar-refractivity contribution in [3.8, 4) is 17.4 Å². The Morgan fingerprint density at radius 2 is 1.88 bits per heavy atom. The molecule has 6 heteroatoms. The van der Waals surface area contributed by atoms with Crippen LogP contribution < -0.4 is 0 Å². The van der Waals surface area contributed by atoms with Gasteiger partial charge in [-0.15, -0.1) is 0 Å². The molecule has 3 rings (SSSR count). The molecular formula is C18H11ClN2O3. The molecule has 0 atom stereocenters. The highest BCUT2D eigenvalue weighted by molar-refractivity contribution is 6.30. The van der Waals surface area contributed by atoms with Gasteiger partial charge < -0.3 is 9.15 Å². The molecule has 0 fully saturated rings. The van der Waals surface area contributed by atoms with Gasteiger partial charge in [0.15, 0.2) is 12.4 Å². The molecule has 0 aliphatic carbocycles. The first kappa shape index (κ1) is 15.8. The molecule has 0 aliphatic rings. The number of rotatable bonds is 4. The third-order valence-electron chi connectivity index (χ3n) is 3.26. The summed E-state index contributed by atoms with van der Waals surface area (Å²) in [4.78, 5) is 16.0. The third kappa shape index (κ3) is 3.62. The van der Waals surface area contributed by atoms with E-state index in [4.69, 9.17) is 26.0 Å². The lowest BCUT2D eigenvalue weighted by atomic mass is 10.1. The summed E-state index contributed by atoms with van der Waals surface area (Å²) in [7, 11) is 0. The minimum Gasteiger partial charge on any atom is -0.452 e. The van der Waals surface area contributed by atoms with E-state index in [2.05, 4.69) is 4.98 Å². The highest BCUT2D eigenvalue weighted by Crippen LogP contribution is 2.22. The molecule has 0 N–H and O–H groups in total. The van der Waals surface area contributed by atoms with Crippen molar-refractivity contribution in [1.82, 2.24) is 4.98 Å². The summed E-state index contributed by atoms with van der Waals surface area (Å²) in [6, 6.07) is 15.3. The molecule has 3 aromatic rings. The minimum absolute atomic E-state index is 0.0770. The van der Waals surface area contributed by atoms with Gasteiger partial charge in [-0.2, -0.15) is 5.26 Å². The molecule has 1 heterocycles. The van der Waals surface area contributed by atoms with Gasteiger partial charge in [-0.25, -0.2) is 9.78 Å². The van der Waals surface area contributed by atoms with Crippen LogP contribution in [0.5, 0.6) is 0 Å². The number of hydrogen-bond donors (Lipinski definition) is 0. The zero-order valence-corrected chi connectivity index (χ0v) is 13.2. The Morgan fingerprint density at radius 3 is 2.54 bits per heavy atom. The number of oxazole rings is 1. The Bertz CT molecular complexity index is 893. The SMILES string of the molecule is N#Cc1ccc(C(=O)OCc2ncc(-c3ccc(Cl)cc3)o2)cc1. The van der Waals surface area contributed by atoms with E-state index in [-0.39, 0.29) is 6.61 Å². The lowest BCUT2D eigenvalue weighted by Gasteiger charge is -2.02. The van der Waals surface area contributed by atoms with Crippen LogP contribution in [0.4, 0.5) is 0 Å². The molecule has 0 spiro atoms. The van der Waals surface area contributed by atoms with Gasteiger partial charge in [0, 0.05) is 10.6 Å². The maximum absolute atomic E-state index is 11.9. The monoisotopic (exact) mass is 338 g/mol. The van der Waals surface area contributed by atoms with Crippen molar-refractivity contribution in [2.24, 2.45) is 0 Å². The molecule has 0 aliphatic heterocycles. The molecule has 0 bridgehead atoms. The Balaban J connectivity index is 1.63. The summed E-state index contributed by atoms with van der Waals surface area (Å²) < 4.78 is 10.7. The van der Waals surface area contributed by atoms with Crippen molar-refractivity contribution in [3.63, 3.8) is 0 Å². The molecule has 1 aromatic heterocycles. The first-order valence-corrected chi connectivity index (χ1v) is 7.41. The van der Waals surface area contributed by atoms with Crippen LogP contribution in [0.25, 0.3) is 11.3 Å². The van der Waals surface area contributed by atoms with Crippen LogP contribution in [0.15, 0.2) is 59.1 Å². The summed E-state index contributed by atoms with van der Waals surface area (Å²) in [5.41, 5.74) is 1.67. The number of esters is 1. The van der Waals surface area contributed by atoms with E-state index < -0.39 is 5.97 Å². The number of hydrogen-bond acceptors (Lipinski definition) is 5. The number of ether oxygens (including phenoxy) is 1. The summed E-state index contributed by atoms with van der Waals surface area (Å²) >= 11 is 5.84. The second kappa shape index (κ2) is 6.99. The molecule has 118 valence electrons. The molecule has 0 amide bonds.